The minimum atomic E-state index is 1.32. The van der Waals surface area contributed by atoms with Gasteiger partial charge in [-0.2, -0.15) is 0 Å². The van der Waals surface area contributed by atoms with E-state index in [4.69, 9.17) is 0 Å². The van der Waals surface area contributed by atoms with Crippen LogP contribution in [0.2, 0.25) is 0 Å². The smallest absolute Gasteiger partial charge is 0.0398 e. The lowest BCUT2D eigenvalue weighted by Gasteiger charge is -1.97. The Morgan fingerprint density at radius 2 is 0.783 bits per heavy atom. The lowest BCUT2D eigenvalue weighted by molar-refractivity contribution is 0.585. The molecule has 1 aromatic carbocycles. The van der Waals surface area contributed by atoms with Crippen LogP contribution < -0.4 is 0 Å². The molecule has 23 heavy (non-hydrogen) atoms. The van der Waals surface area contributed by atoms with Gasteiger partial charge >= 0.3 is 0 Å². The van der Waals surface area contributed by atoms with Crippen LogP contribution >= 0.6 is 0 Å². The Kier molecular flexibility index (Phi) is 25.0. The summed E-state index contributed by atoms with van der Waals surface area (Å²) >= 11 is 0. The van der Waals surface area contributed by atoms with Gasteiger partial charge in [0.25, 0.3) is 0 Å². The predicted octanol–water partition coefficient (Wildman–Crippen LogP) is 8.73. The number of benzene rings is 1. The molecule has 136 valence electrons. The number of hydrogen-bond acceptors (Lipinski definition) is 0. The molecule has 0 atom stereocenters. The first kappa shape index (κ1) is 24.5. The Morgan fingerprint density at radius 3 is 1.04 bits per heavy atom. The molecular formula is C23H44. The Bertz CT molecular complexity index is 263. The lowest BCUT2D eigenvalue weighted by atomic mass is 10.1. The van der Waals surface area contributed by atoms with Gasteiger partial charge in [-0.15, -0.1) is 0 Å². The second-order valence-electron chi connectivity index (χ2n) is 6.48. The summed E-state index contributed by atoms with van der Waals surface area (Å²) in [6.07, 6.45) is 17.0. The fourth-order valence-electron chi connectivity index (χ4n) is 2.24. The molecule has 0 bridgehead atoms. The summed E-state index contributed by atoms with van der Waals surface area (Å²) in [5, 5.41) is 0. The van der Waals surface area contributed by atoms with Crippen molar-refractivity contribution >= 4 is 0 Å². The van der Waals surface area contributed by atoms with Crippen molar-refractivity contribution in [2.75, 3.05) is 0 Å². The molecular weight excluding hydrogens is 276 g/mol. The average molecular weight is 321 g/mol. The third kappa shape index (κ3) is 26.4. The van der Waals surface area contributed by atoms with E-state index in [9.17, 15) is 0 Å². The van der Waals surface area contributed by atoms with Crippen LogP contribution in [-0.4, -0.2) is 0 Å². The van der Waals surface area contributed by atoms with Gasteiger partial charge in [0.15, 0.2) is 0 Å². The summed E-state index contributed by atoms with van der Waals surface area (Å²) < 4.78 is 0. The van der Waals surface area contributed by atoms with Crippen LogP contribution in [0.5, 0.6) is 0 Å². The maximum Gasteiger partial charge on any atom is -0.0398 e. The van der Waals surface area contributed by atoms with Crippen LogP contribution in [0.1, 0.15) is 110 Å². The van der Waals surface area contributed by atoms with Crippen LogP contribution in [0, 0.1) is 6.92 Å². The summed E-state index contributed by atoms with van der Waals surface area (Å²) in [6.45, 7) is 11.1. The highest BCUT2D eigenvalue weighted by atomic mass is 13.9. The molecule has 0 unspecified atom stereocenters. The van der Waals surface area contributed by atoms with E-state index in [0.717, 1.165) is 0 Å². The molecule has 0 aliphatic heterocycles. The van der Waals surface area contributed by atoms with Gasteiger partial charge in [0.05, 0.1) is 0 Å². The summed E-state index contributed by atoms with van der Waals surface area (Å²) in [6, 6.07) is 10.3. The van der Waals surface area contributed by atoms with Crippen molar-refractivity contribution in [3.8, 4) is 0 Å². The second kappa shape index (κ2) is 23.5. The van der Waals surface area contributed by atoms with Crippen LogP contribution in [0.25, 0.3) is 0 Å². The molecule has 0 N–H and O–H groups in total. The van der Waals surface area contributed by atoms with Crippen LogP contribution in [0.3, 0.4) is 0 Å². The first-order valence-electron chi connectivity index (χ1n) is 10.2. The molecule has 0 aromatic heterocycles. The van der Waals surface area contributed by atoms with Crippen LogP contribution in [0.15, 0.2) is 30.3 Å². The number of aryl methyl sites for hydroxylation is 1. The van der Waals surface area contributed by atoms with Gasteiger partial charge in [0, 0.05) is 0 Å². The van der Waals surface area contributed by atoms with Crippen molar-refractivity contribution in [2.24, 2.45) is 0 Å². The van der Waals surface area contributed by atoms with E-state index in [1.54, 1.807) is 0 Å². The van der Waals surface area contributed by atoms with E-state index in [0.29, 0.717) is 0 Å². The monoisotopic (exact) mass is 320 g/mol. The van der Waals surface area contributed by atoms with Gasteiger partial charge in [-0.3, -0.25) is 0 Å². The largest absolute Gasteiger partial charge is 0.0654 e. The molecule has 0 aliphatic carbocycles. The molecule has 0 fully saturated rings. The summed E-state index contributed by atoms with van der Waals surface area (Å²) in [7, 11) is 0. The standard InChI is InChI=1S/C10H22.C7H8.C6H14/c1-3-5-7-9-10-8-6-4-2;1-7-5-3-2-4-6-7;1-3-5-6-4-2/h3-10H2,1-2H3;2-6H,1H3;3-6H2,1-2H3. The Hall–Kier alpha value is -0.780. The summed E-state index contributed by atoms with van der Waals surface area (Å²) in [5.74, 6) is 0. The maximum atomic E-state index is 2.27. The molecule has 0 aliphatic rings. The van der Waals surface area contributed by atoms with Crippen LogP contribution in [0.4, 0.5) is 0 Å². The van der Waals surface area contributed by atoms with E-state index in [1.165, 1.54) is 82.6 Å². The lowest BCUT2D eigenvalue weighted by Crippen LogP contribution is -1.77. The average Bonchev–Trinajstić information content (AvgIpc) is 2.58. The SMILES string of the molecule is CCCCCC.CCCCCCCCCC.Cc1ccccc1. The normalized spacial score (nSPS) is 9.43. The number of hydrogen-bond donors (Lipinski definition) is 0. The van der Waals surface area contributed by atoms with E-state index in [1.807, 2.05) is 18.2 Å². The van der Waals surface area contributed by atoms with Crippen LogP contribution in [-0.2, 0) is 0 Å². The summed E-state index contributed by atoms with van der Waals surface area (Å²) in [5.41, 5.74) is 1.32. The van der Waals surface area contributed by atoms with E-state index in [-0.39, 0.29) is 0 Å². The van der Waals surface area contributed by atoms with E-state index in [2.05, 4.69) is 46.8 Å². The molecule has 1 rings (SSSR count). The molecule has 0 amide bonds. The van der Waals surface area contributed by atoms with Crippen molar-refractivity contribution in [1.29, 1.82) is 0 Å². The van der Waals surface area contributed by atoms with E-state index < -0.39 is 0 Å². The molecule has 0 saturated heterocycles. The zero-order valence-corrected chi connectivity index (χ0v) is 16.9. The van der Waals surface area contributed by atoms with Gasteiger partial charge in [-0.05, 0) is 6.92 Å². The zero-order valence-electron chi connectivity index (χ0n) is 16.9. The van der Waals surface area contributed by atoms with E-state index >= 15 is 0 Å². The first-order valence-corrected chi connectivity index (χ1v) is 10.2. The molecule has 0 radical (unpaired) electrons. The van der Waals surface area contributed by atoms with Gasteiger partial charge in [-0.1, -0.05) is 141 Å². The molecule has 0 saturated carbocycles. The fraction of sp³-hybridized carbons (Fsp3) is 0.739. The number of unbranched alkanes of at least 4 members (excludes halogenated alkanes) is 10. The Labute approximate surface area is 148 Å². The van der Waals surface area contributed by atoms with Gasteiger partial charge < -0.3 is 0 Å². The maximum absolute atomic E-state index is 2.27. The molecule has 0 nitrogen and oxygen atoms in total. The first-order chi connectivity index (χ1) is 11.2. The third-order valence-electron chi connectivity index (χ3n) is 3.85. The van der Waals surface area contributed by atoms with Crippen molar-refractivity contribution in [3.63, 3.8) is 0 Å². The molecule has 0 spiro atoms. The highest BCUT2D eigenvalue weighted by Crippen LogP contribution is 2.07. The van der Waals surface area contributed by atoms with Crippen molar-refractivity contribution < 1.29 is 0 Å². The number of rotatable bonds is 10. The topological polar surface area (TPSA) is 0 Å². The molecule has 0 heterocycles. The van der Waals surface area contributed by atoms with Gasteiger partial charge in [0.1, 0.15) is 0 Å². The molecule has 1 aromatic rings. The van der Waals surface area contributed by atoms with Crippen molar-refractivity contribution in [1.82, 2.24) is 0 Å². The molecule has 0 heteroatoms. The minimum Gasteiger partial charge on any atom is -0.0654 e. The highest BCUT2D eigenvalue weighted by Gasteiger charge is 1.87. The van der Waals surface area contributed by atoms with Crippen molar-refractivity contribution in [2.45, 2.75) is 112 Å². The fourth-order valence-corrected chi connectivity index (χ4v) is 2.24. The third-order valence-corrected chi connectivity index (χ3v) is 3.85. The minimum absolute atomic E-state index is 1.32. The quantitative estimate of drug-likeness (QED) is 0.378. The summed E-state index contributed by atoms with van der Waals surface area (Å²) in [4.78, 5) is 0. The van der Waals surface area contributed by atoms with Gasteiger partial charge in [-0.25, -0.2) is 0 Å². The predicted molar refractivity (Wildman–Crippen MR) is 109 cm³/mol. The zero-order chi connectivity index (χ0) is 17.6. The Morgan fingerprint density at radius 1 is 0.478 bits per heavy atom. The van der Waals surface area contributed by atoms with Crippen molar-refractivity contribution in [3.05, 3.63) is 35.9 Å². The van der Waals surface area contributed by atoms with Gasteiger partial charge in [0.2, 0.25) is 0 Å². The highest BCUT2D eigenvalue weighted by molar-refractivity contribution is 5.11. The second-order valence-corrected chi connectivity index (χ2v) is 6.48. The Balaban J connectivity index is 0.